The van der Waals surface area contributed by atoms with Crippen molar-refractivity contribution in [3.8, 4) is 0 Å². The van der Waals surface area contributed by atoms with Gasteiger partial charge >= 0.3 is 0 Å². The summed E-state index contributed by atoms with van der Waals surface area (Å²) in [5, 5.41) is 0. The summed E-state index contributed by atoms with van der Waals surface area (Å²) in [7, 11) is 0. The van der Waals surface area contributed by atoms with Crippen LogP contribution in [0.2, 0.25) is 0 Å². The van der Waals surface area contributed by atoms with Gasteiger partial charge in [0.2, 0.25) is 11.8 Å². The maximum absolute atomic E-state index is 13.5. The number of nitrogens with zero attached hydrogens (tertiary/aromatic N) is 2. The molecule has 0 bridgehead atoms. The number of hydrogen-bond acceptors (Lipinski definition) is 2. The van der Waals surface area contributed by atoms with Crippen molar-refractivity contribution < 1.29 is 9.59 Å². The zero-order valence-electron chi connectivity index (χ0n) is 16.5. The van der Waals surface area contributed by atoms with Crippen molar-refractivity contribution >= 4 is 23.2 Å². The van der Waals surface area contributed by atoms with Gasteiger partial charge in [0.05, 0.1) is 12.5 Å². The molecule has 1 atom stereocenters. The summed E-state index contributed by atoms with van der Waals surface area (Å²) in [6, 6.07) is 27.5. The van der Waals surface area contributed by atoms with E-state index in [1.54, 1.807) is 9.80 Å². The Balaban J connectivity index is 1.57. The van der Waals surface area contributed by atoms with Crippen LogP contribution in [0.4, 0.5) is 11.4 Å². The number of rotatable bonds is 5. The molecule has 1 heterocycles. The second-order valence-corrected chi connectivity index (χ2v) is 7.49. The van der Waals surface area contributed by atoms with Gasteiger partial charge in [0.25, 0.3) is 0 Å². The zero-order valence-corrected chi connectivity index (χ0v) is 16.5. The Labute approximate surface area is 171 Å². The number of anilines is 2. The largest absolute Gasteiger partial charge is 0.312 e. The van der Waals surface area contributed by atoms with Gasteiger partial charge in [-0.1, -0.05) is 66.2 Å². The van der Waals surface area contributed by atoms with Crippen LogP contribution in [0, 0.1) is 12.8 Å². The fourth-order valence-corrected chi connectivity index (χ4v) is 3.74. The minimum atomic E-state index is -0.354. The van der Waals surface area contributed by atoms with Gasteiger partial charge in [-0.15, -0.1) is 0 Å². The summed E-state index contributed by atoms with van der Waals surface area (Å²) in [5.41, 5.74) is 3.91. The fraction of sp³-hybridized carbons (Fsp3) is 0.200. The molecule has 4 rings (SSSR count). The molecule has 4 nitrogen and oxygen atoms in total. The Kier molecular flexibility index (Phi) is 5.43. The van der Waals surface area contributed by atoms with E-state index in [1.165, 1.54) is 0 Å². The fourth-order valence-electron chi connectivity index (χ4n) is 3.74. The smallest absolute Gasteiger partial charge is 0.232 e. The molecule has 146 valence electrons. The maximum Gasteiger partial charge on any atom is 0.232 e. The molecule has 4 heteroatoms. The summed E-state index contributed by atoms with van der Waals surface area (Å²) < 4.78 is 0. The highest BCUT2D eigenvalue weighted by Gasteiger charge is 2.37. The van der Waals surface area contributed by atoms with Gasteiger partial charge in [-0.05, 0) is 36.8 Å². The number of carbonyl (C=O) groups is 2. The SMILES string of the molecule is Cc1ccc(N2CC(C(=O)N(Cc3ccccc3)c3ccccc3)CC2=O)cc1. The monoisotopic (exact) mass is 384 g/mol. The Morgan fingerprint density at radius 1 is 0.931 bits per heavy atom. The number of amides is 2. The van der Waals surface area contributed by atoms with Gasteiger partial charge in [0.1, 0.15) is 0 Å². The van der Waals surface area contributed by atoms with E-state index in [4.69, 9.17) is 0 Å². The minimum absolute atomic E-state index is 0.0000687. The molecule has 1 aliphatic heterocycles. The third kappa shape index (κ3) is 4.21. The molecular formula is C25H24N2O2. The van der Waals surface area contributed by atoms with Crippen LogP contribution in [0.3, 0.4) is 0 Å². The van der Waals surface area contributed by atoms with E-state index in [0.29, 0.717) is 13.1 Å². The highest BCUT2D eigenvalue weighted by atomic mass is 16.2. The van der Waals surface area contributed by atoms with Gasteiger partial charge in [0.15, 0.2) is 0 Å². The van der Waals surface area contributed by atoms with E-state index in [0.717, 1.165) is 22.5 Å². The molecular weight excluding hydrogens is 360 g/mol. The molecule has 29 heavy (non-hydrogen) atoms. The van der Waals surface area contributed by atoms with Gasteiger partial charge in [-0.2, -0.15) is 0 Å². The Hall–Kier alpha value is -3.40. The van der Waals surface area contributed by atoms with Gasteiger partial charge in [-0.3, -0.25) is 9.59 Å². The van der Waals surface area contributed by atoms with Crippen molar-refractivity contribution in [2.45, 2.75) is 19.9 Å². The molecule has 0 aliphatic carbocycles. The summed E-state index contributed by atoms with van der Waals surface area (Å²) >= 11 is 0. The summed E-state index contributed by atoms with van der Waals surface area (Å²) in [6.45, 7) is 2.92. The lowest BCUT2D eigenvalue weighted by molar-refractivity contribution is -0.124. The number of para-hydroxylation sites is 1. The number of aryl methyl sites for hydroxylation is 1. The first kappa shape index (κ1) is 18.9. The molecule has 3 aromatic carbocycles. The van der Waals surface area contributed by atoms with Crippen molar-refractivity contribution in [3.63, 3.8) is 0 Å². The Morgan fingerprint density at radius 3 is 2.21 bits per heavy atom. The lowest BCUT2D eigenvalue weighted by atomic mass is 10.1. The Morgan fingerprint density at radius 2 is 1.55 bits per heavy atom. The summed E-state index contributed by atoms with van der Waals surface area (Å²) in [4.78, 5) is 29.6. The van der Waals surface area contributed by atoms with E-state index in [-0.39, 0.29) is 24.2 Å². The average Bonchev–Trinajstić information content (AvgIpc) is 3.15. The van der Waals surface area contributed by atoms with Crippen LogP contribution in [0.15, 0.2) is 84.9 Å². The predicted molar refractivity (Wildman–Crippen MR) is 116 cm³/mol. The first-order chi connectivity index (χ1) is 14.1. The quantitative estimate of drug-likeness (QED) is 0.646. The van der Waals surface area contributed by atoms with Crippen LogP contribution in [0.25, 0.3) is 0 Å². The van der Waals surface area contributed by atoms with Gasteiger partial charge in [-0.25, -0.2) is 0 Å². The molecule has 2 amide bonds. The summed E-state index contributed by atoms with van der Waals surface area (Å²) in [6.07, 6.45) is 0.241. The highest BCUT2D eigenvalue weighted by Crippen LogP contribution is 2.29. The van der Waals surface area contributed by atoms with Gasteiger partial charge < -0.3 is 9.80 Å². The standard InChI is InChI=1S/C25H24N2O2/c1-19-12-14-23(15-13-19)26-18-21(16-24(26)28)25(29)27(22-10-6-3-7-11-22)17-20-8-4-2-5-9-20/h2-15,21H,16-18H2,1H3. The second kappa shape index (κ2) is 8.31. The number of benzene rings is 3. The van der Waals surface area contributed by atoms with Crippen LogP contribution in [0.1, 0.15) is 17.5 Å². The molecule has 0 radical (unpaired) electrons. The molecule has 0 spiro atoms. The number of carbonyl (C=O) groups excluding carboxylic acids is 2. The normalized spacial score (nSPS) is 16.1. The van der Waals surface area contributed by atoms with Crippen LogP contribution < -0.4 is 9.80 Å². The maximum atomic E-state index is 13.5. The molecule has 3 aromatic rings. The average molecular weight is 384 g/mol. The van der Waals surface area contributed by atoms with Crippen molar-refractivity contribution in [2.24, 2.45) is 5.92 Å². The van der Waals surface area contributed by atoms with E-state index >= 15 is 0 Å². The summed E-state index contributed by atoms with van der Waals surface area (Å²) in [5.74, 6) is -0.365. The molecule has 0 aromatic heterocycles. The zero-order chi connectivity index (χ0) is 20.2. The van der Waals surface area contributed by atoms with Gasteiger partial charge in [0, 0.05) is 24.3 Å². The lowest BCUT2D eigenvalue weighted by Gasteiger charge is -2.26. The predicted octanol–water partition coefficient (Wildman–Crippen LogP) is 4.58. The molecule has 0 saturated carbocycles. The van der Waals surface area contributed by atoms with Crippen LogP contribution in [-0.2, 0) is 16.1 Å². The molecule has 1 saturated heterocycles. The van der Waals surface area contributed by atoms with E-state index < -0.39 is 0 Å². The third-order valence-electron chi connectivity index (χ3n) is 5.34. The first-order valence-electron chi connectivity index (χ1n) is 9.89. The Bertz CT molecular complexity index is 984. The van der Waals surface area contributed by atoms with Crippen LogP contribution >= 0.6 is 0 Å². The second-order valence-electron chi connectivity index (χ2n) is 7.49. The highest BCUT2D eigenvalue weighted by molar-refractivity contribution is 6.04. The van der Waals surface area contributed by atoms with Crippen LogP contribution in [-0.4, -0.2) is 18.4 Å². The molecule has 1 aliphatic rings. The third-order valence-corrected chi connectivity index (χ3v) is 5.34. The minimum Gasteiger partial charge on any atom is -0.312 e. The van der Waals surface area contributed by atoms with Crippen molar-refractivity contribution in [3.05, 3.63) is 96.1 Å². The lowest BCUT2D eigenvalue weighted by Crippen LogP contribution is -2.37. The molecule has 0 N–H and O–H groups in total. The topological polar surface area (TPSA) is 40.6 Å². The molecule has 1 unspecified atom stereocenters. The van der Waals surface area contributed by atoms with E-state index in [9.17, 15) is 9.59 Å². The van der Waals surface area contributed by atoms with E-state index in [1.807, 2.05) is 91.9 Å². The van der Waals surface area contributed by atoms with Crippen LogP contribution in [0.5, 0.6) is 0 Å². The van der Waals surface area contributed by atoms with Crippen molar-refractivity contribution in [1.29, 1.82) is 0 Å². The van der Waals surface area contributed by atoms with Crippen molar-refractivity contribution in [1.82, 2.24) is 0 Å². The first-order valence-corrected chi connectivity index (χ1v) is 9.89. The number of hydrogen-bond donors (Lipinski definition) is 0. The van der Waals surface area contributed by atoms with E-state index in [2.05, 4.69) is 0 Å². The van der Waals surface area contributed by atoms with Crippen molar-refractivity contribution in [2.75, 3.05) is 16.3 Å². The molecule has 1 fully saturated rings.